The fourth-order valence-corrected chi connectivity index (χ4v) is 6.04. The van der Waals surface area contributed by atoms with Crippen molar-refractivity contribution in [3.8, 4) is 0 Å². The van der Waals surface area contributed by atoms with Crippen LogP contribution in [-0.4, -0.2) is 67.0 Å². The number of nitrogen functional groups attached to an aromatic ring is 1. The van der Waals surface area contributed by atoms with E-state index in [1.54, 1.807) is 36.6 Å². The van der Waals surface area contributed by atoms with Gasteiger partial charge in [0.1, 0.15) is 23.0 Å². The lowest BCUT2D eigenvalue weighted by Crippen LogP contribution is -2.49. The number of thiophene rings is 1. The minimum atomic E-state index is -1.92. The number of ether oxygens (including phenoxy) is 1. The summed E-state index contributed by atoms with van der Waals surface area (Å²) < 4.78 is 26.4. The molecule has 1 unspecified atom stereocenters. The van der Waals surface area contributed by atoms with Crippen LogP contribution in [0.4, 0.5) is 4.39 Å². The zero-order valence-corrected chi connectivity index (χ0v) is 23.3. The third kappa shape index (κ3) is 5.79. The van der Waals surface area contributed by atoms with Crippen molar-refractivity contribution in [1.29, 1.82) is 5.41 Å². The van der Waals surface area contributed by atoms with Crippen LogP contribution in [0.2, 0.25) is 0 Å². The molecule has 2 aromatic heterocycles. The Hall–Kier alpha value is -4.29. The highest BCUT2D eigenvalue weighted by molar-refractivity contribution is 7.10. The molecule has 3 amide bonds. The number of rotatable bonds is 9. The first-order chi connectivity index (χ1) is 19.6. The number of halogens is 1. The minimum Gasteiger partial charge on any atom is -0.456 e. The highest BCUT2D eigenvalue weighted by atomic mass is 32.1. The topological polar surface area (TPSA) is 151 Å². The number of nitrogens with one attached hydrogen (secondary N) is 3. The maximum Gasteiger partial charge on any atom is 0.251 e. The Kier molecular flexibility index (Phi) is 7.78. The number of nitrogens with zero attached hydrogens (tertiary/aromatic N) is 1. The number of amidine groups is 1. The first kappa shape index (κ1) is 28.2. The number of methoxy groups -OCH3 is 1. The van der Waals surface area contributed by atoms with E-state index < -0.39 is 42.0 Å². The van der Waals surface area contributed by atoms with E-state index in [0.29, 0.717) is 22.3 Å². The second-order valence-electron chi connectivity index (χ2n) is 10.2. The molecule has 1 aliphatic rings. The van der Waals surface area contributed by atoms with Gasteiger partial charge in [0.05, 0.1) is 25.7 Å². The van der Waals surface area contributed by atoms with Gasteiger partial charge in [0.25, 0.3) is 5.91 Å². The van der Waals surface area contributed by atoms with E-state index in [4.69, 9.17) is 20.3 Å². The Balaban J connectivity index is 1.27. The molecule has 2 aromatic carbocycles. The molecule has 3 atom stereocenters. The number of nitrogens with two attached hydrogens (primary N) is 1. The molecule has 0 aliphatic carbocycles. The van der Waals surface area contributed by atoms with Crippen LogP contribution < -0.4 is 16.4 Å². The van der Waals surface area contributed by atoms with E-state index in [1.807, 2.05) is 24.3 Å². The number of para-hydroxylation sites is 1. The van der Waals surface area contributed by atoms with Gasteiger partial charge in [0.2, 0.25) is 11.8 Å². The molecule has 1 saturated heterocycles. The Bertz CT molecular complexity index is 1650. The summed E-state index contributed by atoms with van der Waals surface area (Å²) in [6.07, 6.45) is -0.245. The van der Waals surface area contributed by atoms with Gasteiger partial charge in [-0.25, -0.2) is 4.39 Å². The fraction of sp³-hybridized carbons (Fsp3) is 0.310. The molecule has 10 nitrogen and oxygen atoms in total. The molecule has 0 bridgehead atoms. The van der Waals surface area contributed by atoms with Crippen molar-refractivity contribution in [2.45, 2.75) is 31.1 Å². The Labute approximate surface area is 239 Å². The van der Waals surface area contributed by atoms with Crippen molar-refractivity contribution in [3.63, 3.8) is 0 Å². The molecule has 214 valence electrons. The number of likely N-dealkylation sites (tertiary alicyclic amines) is 1. The Morgan fingerprint density at radius 2 is 1.95 bits per heavy atom. The molecule has 5 N–H and O–H groups in total. The molecule has 1 fully saturated rings. The molecule has 41 heavy (non-hydrogen) atoms. The number of amides is 3. The predicted molar refractivity (Wildman–Crippen MR) is 154 cm³/mol. The lowest BCUT2D eigenvalue weighted by atomic mass is 10.0. The predicted octanol–water partition coefficient (Wildman–Crippen LogP) is 3.49. The summed E-state index contributed by atoms with van der Waals surface area (Å²) in [6, 6.07) is 12.7. The van der Waals surface area contributed by atoms with E-state index in [-0.39, 0.29) is 25.4 Å². The molecule has 1 aliphatic heterocycles. The smallest absolute Gasteiger partial charge is 0.251 e. The third-order valence-electron chi connectivity index (χ3n) is 7.17. The average Bonchev–Trinajstić information content (AvgIpc) is 3.67. The SMILES string of the molecule is COC[C@@]1(F)C[C@@H](C(=O)NC(C)c2cc(C(=N)N)cs2)N(C(=O)CNC(=O)c2ccc3c(c2)oc2ccccc23)C1. The zero-order chi connectivity index (χ0) is 29.3. The second kappa shape index (κ2) is 11.3. The summed E-state index contributed by atoms with van der Waals surface area (Å²) in [6.45, 7) is 0.700. The number of alkyl halides is 1. The molecule has 3 heterocycles. The van der Waals surface area contributed by atoms with Crippen LogP contribution in [0.5, 0.6) is 0 Å². The number of hydrogen-bond acceptors (Lipinski definition) is 7. The van der Waals surface area contributed by atoms with E-state index in [9.17, 15) is 14.4 Å². The molecular formula is C29H30FN5O5S. The summed E-state index contributed by atoms with van der Waals surface area (Å²) in [5, 5.41) is 16.5. The summed E-state index contributed by atoms with van der Waals surface area (Å²) >= 11 is 1.33. The van der Waals surface area contributed by atoms with Gasteiger partial charge >= 0.3 is 0 Å². The normalized spacial score (nSPS) is 19.4. The second-order valence-corrected chi connectivity index (χ2v) is 11.1. The average molecular weight is 580 g/mol. The maximum absolute atomic E-state index is 15.6. The maximum atomic E-state index is 15.6. The highest BCUT2D eigenvalue weighted by Crippen LogP contribution is 2.33. The summed E-state index contributed by atoms with van der Waals surface area (Å²) in [5.41, 5.74) is 5.70. The van der Waals surface area contributed by atoms with Gasteiger partial charge in [-0.2, -0.15) is 0 Å². The van der Waals surface area contributed by atoms with E-state index in [2.05, 4.69) is 10.6 Å². The lowest BCUT2D eigenvalue weighted by molar-refractivity contribution is -0.138. The molecule has 0 spiro atoms. The van der Waals surface area contributed by atoms with Crippen molar-refractivity contribution < 1.29 is 27.9 Å². The van der Waals surface area contributed by atoms with Gasteiger partial charge < -0.3 is 30.4 Å². The van der Waals surface area contributed by atoms with Crippen molar-refractivity contribution in [3.05, 3.63) is 69.9 Å². The zero-order valence-electron chi connectivity index (χ0n) is 22.5. The van der Waals surface area contributed by atoms with Gasteiger partial charge in [0, 0.05) is 45.7 Å². The van der Waals surface area contributed by atoms with Crippen LogP contribution in [0.25, 0.3) is 21.9 Å². The number of fused-ring (bicyclic) bond motifs is 3. The fourth-order valence-electron chi connectivity index (χ4n) is 5.12. The number of carbonyl (C=O) groups excluding carboxylic acids is 3. The highest BCUT2D eigenvalue weighted by Gasteiger charge is 2.49. The Morgan fingerprint density at radius 3 is 2.68 bits per heavy atom. The molecule has 4 aromatic rings. The van der Waals surface area contributed by atoms with Crippen molar-refractivity contribution in [2.24, 2.45) is 5.73 Å². The van der Waals surface area contributed by atoms with Gasteiger partial charge in [-0.05, 0) is 37.3 Å². The van der Waals surface area contributed by atoms with Gasteiger partial charge in [-0.3, -0.25) is 19.8 Å². The standard InChI is InChI=1S/C29H30FN5O5S/c1-16(24-10-18(13-41-24)26(31)32)34-28(38)21-11-29(30,15-39-2)14-35(21)25(36)12-33-27(37)17-7-8-20-19-5-3-4-6-22(19)40-23(20)9-17/h3-10,13,16,21H,11-12,14-15H2,1-2H3,(H3,31,32)(H,33,37)(H,34,38)/t16?,21-,29+/m0/s1. The van der Waals surface area contributed by atoms with Crippen LogP contribution in [0.1, 0.15) is 40.2 Å². The number of carbonyl (C=O) groups is 3. The summed E-state index contributed by atoms with van der Waals surface area (Å²) in [5.74, 6) is -1.71. The van der Waals surface area contributed by atoms with Crippen molar-refractivity contribution in [2.75, 3.05) is 26.8 Å². The quantitative estimate of drug-likeness (QED) is 0.176. The number of benzene rings is 2. The van der Waals surface area contributed by atoms with Crippen molar-refractivity contribution >= 4 is 56.8 Å². The van der Waals surface area contributed by atoms with Crippen LogP contribution in [0.3, 0.4) is 0 Å². The largest absolute Gasteiger partial charge is 0.456 e. The number of hydrogen-bond donors (Lipinski definition) is 4. The molecule has 5 rings (SSSR count). The van der Waals surface area contributed by atoms with Gasteiger partial charge in [-0.1, -0.05) is 18.2 Å². The van der Waals surface area contributed by atoms with Gasteiger partial charge in [0.15, 0.2) is 5.67 Å². The summed E-state index contributed by atoms with van der Waals surface area (Å²) in [4.78, 5) is 41.3. The minimum absolute atomic E-state index is 0.0834. The molecule has 0 radical (unpaired) electrons. The van der Waals surface area contributed by atoms with E-state index in [0.717, 1.165) is 20.5 Å². The first-order valence-corrected chi connectivity index (χ1v) is 13.9. The molecular weight excluding hydrogens is 549 g/mol. The third-order valence-corrected chi connectivity index (χ3v) is 8.29. The molecule has 12 heteroatoms. The van der Waals surface area contributed by atoms with E-state index in [1.165, 1.54) is 18.4 Å². The van der Waals surface area contributed by atoms with Crippen LogP contribution in [0, 0.1) is 5.41 Å². The van der Waals surface area contributed by atoms with Crippen LogP contribution in [0.15, 0.2) is 58.3 Å². The number of furan rings is 1. The molecule has 0 saturated carbocycles. The lowest BCUT2D eigenvalue weighted by Gasteiger charge is -2.25. The summed E-state index contributed by atoms with van der Waals surface area (Å²) in [7, 11) is 1.35. The van der Waals surface area contributed by atoms with Crippen LogP contribution >= 0.6 is 11.3 Å². The monoisotopic (exact) mass is 579 g/mol. The van der Waals surface area contributed by atoms with E-state index >= 15 is 4.39 Å². The Morgan fingerprint density at radius 1 is 1.20 bits per heavy atom. The van der Waals surface area contributed by atoms with Gasteiger partial charge in [-0.15, -0.1) is 11.3 Å². The van der Waals surface area contributed by atoms with Crippen LogP contribution in [-0.2, 0) is 14.3 Å². The van der Waals surface area contributed by atoms with Crippen molar-refractivity contribution in [1.82, 2.24) is 15.5 Å². The first-order valence-electron chi connectivity index (χ1n) is 13.0.